The minimum atomic E-state index is -0.786. The number of likely N-dealkylation sites (tertiary alicyclic amines) is 1. The van der Waals surface area contributed by atoms with E-state index < -0.39 is 11.6 Å². The Morgan fingerprint density at radius 1 is 1.17 bits per heavy atom. The Labute approximate surface area is 176 Å². The first-order valence-electron chi connectivity index (χ1n) is 10.7. The highest BCUT2D eigenvalue weighted by Crippen LogP contribution is 2.58. The number of nitrogens with zero attached hydrogens (tertiary/aromatic N) is 1. The number of hydrogen-bond acceptors (Lipinski definition) is 3. The monoisotopic (exact) mass is 402 g/mol. The standard InChI is InChI=1S/C25H26N2O3/c1-2-16-27-24(29)22(23(28)26-17-10-4-3-5-11-17)21-18-12-6-7-14-20(18)30-25(27)15-9-8-13-19(21)25/h2-7,10-12,14,19,21-22H,1,8-9,13,15-16H2,(H,26,28)/t19-,21-,22-,25+/m1/s1. The van der Waals surface area contributed by atoms with E-state index in [0.29, 0.717) is 12.2 Å². The van der Waals surface area contributed by atoms with Gasteiger partial charge in [-0.05, 0) is 36.6 Å². The summed E-state index contributed by atoms with van der Waals surface area (Å²) in [5, 5.41) is 2.98. The van der Waals surface area contributed by atoms with Gasteiger partial charge in [-0.1, -0.05) is 48.9 Å². The SMILES string of the molecule is C=CCN1C(=O)[C@@H](C(=O)Nc2ccccc2)[C@@H]2c3ccccc3O[C@]13CCCC[C@H]23. The maximum atomic E-state index is 13.8. The third-order valence-electron chi connectivity index (χ3n) is 6.86. The molecule has 4 atom stereocenters. The van der Waals surface area contributed by atoms with Crippen LogP contribution in [0.2, 0.25) is 0 Å². The Morgan fingerprint density at radius 3 is 2.73 bits per heavy atom. The predicted molar refractivity (Wildman–Crippen MR) is 115 cm³/mol. The maximum absolute atomic E-state index is 13.8. The molecule has 1 saturated carbocycles. The molecule has 2 aromatic carbocycles. The number of ether oxygens (including phenoxy) is 1. The van der Waals surface area contributed by atoms with Crippen molar-refractivity contribution >= 4 is 17.5 Å². The van der Waals surface area contributed by atoms with Crippen molar-refractivity contribution in [3.05, 3.63) is 72.8 Å². The third kappa shape index (κ3) is 2.76. The number of amides is 2. The van der Waals surface area contributed by atoms with Crippen LogP contribution in [0, 0.1) is 11.8 Å². The van der Waals surface area contributed by atoms with Crippen molar-refractivity contribution in [3.8, 4) is 5.75 Å². The van der Waals surface area contributed by atoms with E-state index in [0.717, 1.165) is 37.0 Å². The van der Waals surface area contributed by atoms with Crippen LogP contribution in [-0.2, 0) is 9.59 Å². The topological polar surface area (TPSA) is 58.6 Å². The van der Waals surface area contributed by atoms with Gasteiger partial charge in [-0.15, -0.1) is 6.58 Å². The second-order valence-corrected chi connectivity index (χ2v) is 8.43. The van der Waals surface area contributed by atoms with E-state index in [2.05, 4.69) is 11.9 Å². The van der Waals surface area contributed by atoms with E-state index in [4.69, 9.17) is 4.74 Å². The van der Waals surface area contributed by atoms with Gasteiger partial charge >= 0.3 is 0 Å². The summed E-state index contributed by atoms with van der Waals surface area (Å²) in [5.41, 5.74) is 0.984. The molecular weight excluding hydrogens is 376 g/mol. The number of hydrogen-bond donors (Lipinski definition) is 1. The van der Waals surface area contributed by atoms with Crippen molar-refractivity contribution in [2.24, 2.45) is 11.8 Å². The van der Waals surface area contributed by atoms with E-state index >= 15 is 0 Å². The average Bonchev–Trinajstić information content (AvgIpc) is 2.77. The second kappa shape index (κ2) is 7.31. The van der Waals surface area contributed by atoms with Gasteiger partial charge in [-0.3, -0.25) is 14.5 Å². The molecule has 0 unspecified atom stereocenters. The van der Waals surface area contributed by atoms with Crippen molar-refractivity contribution in [3.63, 3.8) is 0 Å². The zero-order valence-electron chi connectivity index (χ0n) is 16.9. The summed E-state index contributed by atoms with van der Waals surface area (Å²) in [6.07, 6.45) is 5.55. The van der Waals surface area contributed by atoms with Crippen molar-refractivity contribution in [1.29, 1.82) is 0 Å². The minimum absolute atomic E-state index is 0.0883. The number of rotatable bonds is 4. The number of carbonyl (C=O) groups is 2. The van der Waals surface area contributed by atoms with Crippen LogP contribution in [-0.4, -0.2) is 29.0 Å². The molecule has 1 N–H and O–H groups in total. The fourth-order valence-corrected chi connectivity index (χ4v) is 5.70. The summed E-state index contributed by atoms with van der Waals surface area (Å²) >= 11 is 0. The van der Waals surface area contributed by atoms with E-state index in [-0.39, 0.29) is 23.7 Å². The Kier molecular flexibility index (Phi) is 4.61. The molecule has 0 radical (unpaired) electrons. The van der Waals surface area contributed by atoms with Gasteiger partial charge in [-0.25, -0.2) is 0 Å². The molecule has 2 heterocycles. The average molecular weight is 402 g/mol. The Bertz CT molecular complexity index is 989. The largest absolute Gasteiger partial charge is 0.467 e. The fourth-order valence-electron chi connectivity index (χ4n) is 5.70. The number of anilines is 1. The van der Waals surface area contributed by atoms with Crippen molar-refractivity contribution in [1.82, 2.24) is 4.90 Å². The molecule has 2 aromatic rings. The van der Waals surface area contributed by atoms with Crippen LogP contribution in [0.1, 0.15) is 37.2 Å². The molecule has 30 heavy (non-hydrogen) atoms. The lowest BCUT2D eigenvalue weighted by Crippen LogP contribution is -2.71. The zero-order valence-corrected chi connectivity index (χ0v) is 16.9. The van der Waals surface area contributed by atoms with Crippen molar-refractivity contribution < 1.29 is 14.3 Å². The van der Waals surface area contributed by atoms with Crippen molar-refractivity contribution in [2.75, 3.05) is 11.9 Å². The molecule has 3 aliphatic rings. The summed E-state index contributed by atoms with van der Waals surface area (Å²) in [6.45, 7) is 4.24. The van der Waals surface area contributed by atoms with Gasteiger partial charge in [0.2, 0.25) is 11.8 Å². The summed E-state index contributed by atoms with van der Waals surface area (Å²) in [6, 6.07) is 17.2. The number of fused-ring (bicyclic) bond motifs is 2. The van der Waals surface area contributed by atoms with Gasteiger partial charge in [0.1, 0.15) is 11.7 Å². The van der Waals surface area contributed by atoms with Gasteiger partial charge in [0, 0.05) is 30.5 Å². The lowest BCUT2D eigenvalue weighted by atomic mass is 9.61. The lowest BCUT2D eigenvalue weighted by Gasteiger charge is -2.60. The van der Waals surface area contributed by atoms with E-state index in [1.54, 1.807) is 11.0 Å². The second-order valence-electron chi connectivity index (χ2n) is 8.43. The van der Waals surface area contributed by atoms with Crippen LogP contribution >= 0.6 is 0 Å². The van der Waals surface area contributed by atoms with Crippen LogP contribution in [0.3, 0.4) is 0 Å². The first-order chi connectivity index (χ1) is 14.7. The summed E-state index contributed by atoms with van der Waals surface area (Å²) in [5.74, 6) is -0.508. The number of para-hydroxylation sites is 2. The smallest absolute Gasteiger partial charge is 0.239 e. The fraction of sp³-hybridized carbons (Fsp3) is 0.360. The van der Waals surface area contributed by atoms with Gasteiger partial charge in [0.25, 0.3) is 0 Å². The van der Waals surface area contributed by atoms with Gasteiger partial charge in [-0.2, -0.15) is 0 Å². The molecule has 5 heteroatoms. The van der Waals surface area contributed by atoms with Gasteiger partial charge in [0.05, 0.1) is 0 Å². The molecule has 1 aliphatic carbocycles. The number of nitrogens with one attached hydrogen (secondary N) is 1. The van der Waals surface area contributed by atoms with Crippen LogP contribution in [0.25, 0.3) is 0 Å². The molecule has 0 spiro atoms. The van der Waals surface area contributed by atoms with Gasteiger partial charge < -0.3 is 10.1 Å². The van der Waals surface area contributed by atoms with Crippen LogP contribution in [0.15, 0.2) is 67.3 Å². The molecule has 5 nitrogen and oxygen atoms in total. The number of piperidine rings is 1. The van der Waals surface area contributed by atoms with Crippen molar-refractivity contribution in [2.45, 2.75) is 37.3 Å². The molecule has 154 valence electrons. The quantitative estimate of drug-likeness (QED) is 0.612. The molecule has 5 rings (SSSR count). The minimum Gasteiger partial charge on any atom is -0.467 e. The van der Waals surface area contributed by atoms with E-state index in [1.807, 2.05) is 54.6 Å². The first kappa shape index (κ1) is 18.9. The first-order valence-corrected chi connectivity index (χ1v) is 10.7. The van der Waals surface area contributed by atoms with Crippen LogP contribution in [0.4, 0.5) is 5.69 Å². The Hall–Kier alpha value is -3.08. The molecule has 0 aromatic heterocycles. The Balaban J connectivity index is 1.63. The normalized spacial score (nSPS) is 29.3. The van der Waals surface area contributed by atoms with E-state index in [9.17, 15) is 9.59 Å². The van der Waals surface area contributed by atoms with Gasteiger partial charge in [0.15, 0.2) is 5.72 Å². The lowest BCUT2D eigenvalue weighted by molar-refractivity contribution is -0.204. The molecule has 1 saturated heterocycles. The summed E-state index contributed by atoms with van der Waals surface area (Å²) in [4.78, 5) is 29.0. The summed E-state index contributed by atoms with van der Waals surface area (Å²) < 4.78 is 6.60. The molecule has 2 bridgehead atoms. The highest BCUT2D eigenvalue weighted by molar-refractivity contribution is 6.08. The number of carbonyl (C=O) groups excluding carboxylic acids is 2. The highest BCUT2D eigenvalue weighted by atomic mass is 16.5. The molecular formula is C25H26N2O3. The van der Waals surface area contributed by atoms with Crippen LogP contribution in [0.5, 0.6) is 5.75 Å². The van der Waals surface area contributed by atoms with E-state index in [1.165, 1.54) is 0 Å². The number of benzene rings is 2. The third-order valence-corrected chi connectivity index (χ3v) is 6.86. The Morgan fingerprint density at radius 2 is 1.93 bits per heavy atom. The summed E-state index contributed by atoms with van der Waals surface area (Å²) in [7, 11) is 0. The molecule has 2 amide bonds. The zero-order chi connectivity index (χ0) is 20.7. The molecule has 2 aliphatic heterocycles. The molecule has 2 fully saturated rings. The highest BCUT2D eigenvalue weighted by Gasteiger charge is 2.64. The maximum Gasteiger partial charge on any atom is 0.239 e. The predicted octanol–water partition coefficient (Wildman–Crippen LogP) is 4.33. The van der Waals surface area contributed by atoms with Crippen LogP contribution < -0.4 is 10.1 Å².